The quantitative estimate of drug-likeness (QED) is 0.547. The van der Waals surface area contributed by atoms with Crippen LogP contribution in [0.4, 0.5) is 5.95 Å². The van der Waals surface area contributed by atoms with Gasteiger partial charge in [-0.05, 0) is 37.8 Å². The Morgan fingerprint density at radius 1 is 1.20 bits per heavy atom. The smallest absolute Gasteiger partial charge is 0.255 e. The summed E-state index contributed by atoms with van der Waals surface area (Å²) >= 11 is 0. The van der Waals surface area contributed by atoms with Crippen molar-refractivity contribution in [3.05, 3.63) is 69.9 Å². The third kappa shape index (κ3) is 4.76. The van der Waals surface area contributed by atoms with Crippen LogP contribution in [0.2, 0.25) is 0 Å². The van der Waals surface area contributed by atoms with Gasteiger partial charge in [0.2, 0.25) is 5.95 Å². The van der Waals surface area contributed by atoms with Crippen LogP contribution in [0.25, 0.3) is 0 Å². The van der Waals surface area contributed by atoms with Gasteiger partial charge in [-0.1, -0.05) is 6.07 Å². The van der Waals surface area contributed by atoms with Crippen molar-refractivity contribution in [2.45, 2.75) is 32.6 Å². The highest BCUT2D eigenvalue weighted by Crippen LogP contribution is 2.07. The molecular weight excluding hydrogens is 316 g/mol. The van der Waals surface area contributed by atoms with E-state index in [-0.39, 0.29) is 5.56 Å². The summed E-state index contributed by atoms with van der Waals surface area (Å²) in [5, 5.41) is 3.16. The molecule has 0 fully saturated rings. The Morgan fingerprint density at radius 3 is 2.84 bits per heavy atom. The maximum absolute atomic E-state index is 12.2. The maximum Gasteiger partial charge on any atom is 0.255 e. The van der Waals surface area contributed by atoms with E-state index in [1.54, 1.807) is 24.9 Å². The molecule has 3 heterocycles. The largest absolute Gasteiger partial charge is 0.356 e. The summed E-state index contributed by atoms with van der Waals surface area (Å²) in [5.74, 6) is 0.510. The third-order valence-corrected chi connectivity index (χ3v) is 4.06. The molecule has 0 amide bonds. The molecule has 0 aliphatic carbocycles. The Hall–Kier alpha value is -2.96. The van der Waals surface area contributed by atoms with Crippen LogP contribution in [0.5, 0.6) is 0 Å². The molecule has 3 aromatic rings. The molecule has 0 bridgehead atoms. The van der Waals surface area contributed by atoms with Crippen LogP contribution >= 0.6 is 0 Å². The highest BCUT2D eigenvalue weighted by molar-refractivity contribution is 5.27. The Labute approximate surface area is 146 Å². The standard InChI is InChI=1S/C18H22N6O/c1-13-16(23-12-22-13)6-2-3-8-20-18-21-11-15(17(25)24-18)9-14-5-4-7-19-10-14/h4-5,7,10-12H,2-3,6,8-9H2,1H3,(H,22,23)(H2,20,21,24,25). The molecule has 0 spiro atoms. The van der Waals surface area contributed by atoms with Crippen LogP contribution in [0.1, 0.15) is 35.4 Å². The number of hydrogen-bond acceptors (Lipinski definition) is 5. The molecule has 0 unspecified atom stereocenters. The van der Waals surface area contributed by atoms with Crippen molar-refractivity contribution in [3.63, 3.8) is 0 Å². The highest BCUT2D eigenvalue weighted by Gasteiger charge is 2.04. The molecule has 3 rings (SSSR count). The summed E-state index contributed by atoms with van der Waals surface area (Å²) < 4.78 is 0. The van der Waals surface area contributed by atoms with E-state index in [1.807, 2.05) is 19.1 Å². The fraction of sp³-hybridized carbons (Fsp3) is 0.333. The van der Waals surface area contributed by atoms with Crippen molar-refractivity contribution in [1.29, 1.82) is 0 Å². The molecule has 0 aliphatic rings. The topological polar surface area (TPSA) is 99.3 Å². The number of nitrogens with one attached hydrogen (secondary N) is 3. The predicted octanol–water partition coefficient (Wildman–Crippen LogP) is 2.22. The van der Waals surface area contributed by atoms with Crippen molar-refractivity contribution in [1.82, 2.24) is 24.9 Å². The van der Waals surface area contributed by atoms with Gasteiger partial charge in [0.15, 0.2) is 0 Å². The van der Waals surface area contributed by atoms with E-state index in [0.717, 1.165) is 42.8 Å². The first-order valence-corrected chi connectivity index (χ1v) is 8.42. The van der Waals surface area contributed by atoms with Crippen LogP contribution in [0, 0.1) is 6.92 Å². The van der Waals surface area contributed by atoms with Crippen molar-refractivity contribution < 1.29 is 0 Å². The van der Waals surface area contributed by atoms with Gasteiger partial charge in [-0.3, -0.25) is 14.8 Å². The second kappa shape index (κ2) is 8.23. The molecule has 0 saturated heterocycles. The lowest BCUT2D eigenvalue weighted by atomic mass is 10.1. The molecule has 7 nitrogen and oxygen atoms in total. The first-order valence-electron chi connectivity index (χ1n) is 8.42. The van der Waals surface area contributed by atoms with Gasteiger partial charge in [0.25, 0.3) is 5.56 Å². The molecule has 7 heteroatoms. The average molecular weight is 338 g/mol. The van der Waals surface area contributed by atoms with Gasteiger partial charge in [0, 0.05) is 42.8 Å². The lowest BCUT2D eigenvalue weighted by Crippen LogP contribution is -2.17. The second-order valence-corrected chi connectivity index (χ2v) is 5.98. The number of imidazole rings is 1. The summed E-state index contributed by atoms with van der Waals surface area (Å²) in [6.07, 6.45) is 10.3. The van der Waals surface area contributed by atoms with Crippen LogP contribution in [-0.4, -0.2) is 31.5 Å². The Bertz CT molecular complexity index is 855. The van der Waals surface area contributed by atoms with Crippen LogP contribution in [0.15, 0.2) is 41.8 Å². The van der Waals surface area contributed by atoms with Gasteiger partial charge in [-0.25, -0.2) is 9.97 Å². The highest BCUT2D eigenvalue weighted by atomic mass is 16.1. The molecule has 25 heavy (non-hydrogen) atoms. The van der Waals surface area contributed by atoms with Crippen molar-refractivity contribution in [2.24, 2.45) is 0 Å². The zero-order chi connectivity index (χ0) is 17.5. The van der Waals surface area contributed by atoms with E-state index in [2.05, 4.69) is 30.2 Å². The number of aryl methyl sites for hydroxylation is 2. The molecule has 0 saturated carbocycles. The number of unbranched alkanes of at least 4 members (excludes halogenated alkanes) is 1. The normalized spacial score (nSPS) is 10.8. The number of nitrogens with zero attached hydrogens (tertiary/aromatic N) is 3. The first-order chi connectivity index (χ1) is 12.2. The first kappa shape index (κ1) is 16.9. The lowest BCUT2D eigenvalue weighted by Gasteiger charge is -2.06. The number of aromatic amines is 2. The summed E-state index contributed by atoms with van der Waals surface area (Å²) in [4.78, 5) is 30.7. The minimum atomic E-state index is -0.117. The summed E-state index contributed by atoms with van der Waals surface area (Å²) in [6, 6.07) is 3.80. The number of H-pyrrole nitrogens is 2. The van der Waals surface area contributed by atoms with E-state index in [4.69, 9.17) is 0 Å². The summed E-state index contributed by atoms with van der Waals surface area (Å²) in [7, 11) is 0. The zero-order valence-electron chi connectivity index (χ0n) is 14.2. The molecule has 130 valence electrons. The third-order valence-electron chi connectivity index (χ3n) is 4.06. The fourth-order valence-electron chi connectivity index (χ4n) is 2.62. The van der Waals surface area contributed by atoms with E-state index >= 15 is 0 Å². The molecule has 3 aromatic heterocycles. The molecule has 0 atom stereocenters. The van der Waals surface area contributed by atoms with E-state index < -0.39 is 0 Å². The monoisotopic (exact) mass is 338 g/mol. The fourth-order valence-corrected chi connectivity index (χ4v) is 2.62. The average Bonchev–Trinajstić information content (AvgIpc) is 3.03. The molecular formula is C18H22N6O. The zero-order valence-corrected chi connectivity index (χ0v) is 14.2. The number of anilines is 1. The second-order valence-electron chi connectivity index (χ2n) is 5.98. The van der Waals surface area contributed by atoms with Gasteiger partial charge < -0.3 is 10.3 Å². The van der Waals surface area contributed by atoms with Crippen molar-refractivity contribution >= 4 is 5.95 Å². The summed E-state index contributed by atoms with van der Waals surface area (Å²) in [6.45, 7) is 2.79. The van der Waals surface area contributed by atoms with Crippen LogP contribution < -0.4 is 10.9 Å². The van der Waals surface area contributed by atoms with Gasteiger partial charge in [-0.15, -0.1) is 0 Å². The van der Waals surface area contributed by atoms with E-state index in [0.29, 0.717) is 17.9 Å². The predicted molar refractivity (Wildman–Crippen MR) is 96.7 cm³/mol. The molecule has 0 aromatic carbocycles. The Kier molecular flexibility index (Phi) is 5.56. The number of hydrogen-bond donors (Lipinski definition) is 3. The molecule has 0 aliphatic heterocycles. The molecule has 0 radical (unpaired) electrons. The Morgan fingerprint density at radius 2 is 2.12 bits per heavy atom. The minimum Gasteiger partial charge on any atom is -0.356 e. The van der Waals surface area contributed by atoms with E-state index in [9.17, 15) is 4.79 Å². The maximum atomic E-state index is 12.2. The number of pyridine rings is 1. The SMILES string of the molecule is Cc1[nH]cnc1CCCCNc1ncc(Cc2cccnc2)c(=O)[nH]1. The number of rotatable bonds is 8. The minimum absolute atomic E-state index is 0.117. The van der Waals surface area contributed by atoms with Gasteiger partial charge in [0.05, 0.1) is 12.0 Å². The van der Waals surface area contributed by atoms with Gasteiger partial charge in [0.1, 0.15) is 0 Å². The Balaban J connectivity index is 1.46. The summed E-state index contributed by atoms with van der Waals surface area (Å²) in [5.41, 5.74) is 3.75. The van der Waals surface area contributed by atoms with Gasteiger partial charge in [-0.2, -0.15) is 0 Å². The number of aromatic nitrogens is 5. The van der Waals surface area contributed by atoms with E-state index in [1.165, 1.54) is 0 Å². The van der Waals surface area contributed by atoms with Crippen molar-refractivity contribution in [3.8, 4) is 0 Å². The van der Waals surface area contributed by atoms with Crippen molar-refractivity contribution in [2.75, 3.05) is 11.9 Å². The van der Waals surface area contributed by atoms with Crippen LogP contribution in [-0.2, 0) is 12.8 Å². The van der Waals surface area contributed by atoms with Gasteiger partial charge >= 0.3 is 0 Å². The van der Waals surface area contributed by atoms with Crippen LogP contribution in [0.3, 0.4) is 0 Å². The lowest BCUT2D eigenvalue weighted by molar-refractivity contribution is 0.744. The molecule has 3 N–H and O–H groups in total.